The van der Waals surface area contributed by atoms with Crippen LogP contribution in [0.2, 0.25) is 0 Å². The second kappa shape index (κ2) is 6.63. The van der Waals surface area contributed by atoms with Crippen LogP contribution in [0.1, 0.15) is 17.5 Å². The molecular weight excluding hydrogens is 323 g/mol. The van der Waals surface area contributed by atoms with Gasteiger partial charge in [0.05, 0.1) is 18.4 Å². The van der Waals surface area contributed by atoms with Crippen LogP contribution in [0.5, 0.6) is 5.75 Å². The quantitative estimate of drug-likeness (QED) is 0.893. The molecule has 2 aliphatic heterocycles. The van der Waals surface area contributed by atoms with Crippen LogP contribution in [0.3, 0.4) is 0 Å². The molecule has 7 heteroatoms. The Morgan fingerprint density at radius 3 is 2.79 bits per heavy atom. The lowest BCUT2D eigenvalue weighted by Crippen LogP contribution is -2.33. The maximum atomic E-state index is 13.0. The van der Waals surface area contributed by atoms with Crippen LogP contribution in [-0.2, 0) is 17.6 Å². The summed E-state index contributed by atoms with van der Waals surface area (Å²) in [5.74, 6) is -3.58. The SMILES string of the molecule is O=C(O)[C@@H]1CN(CCCc2ccc3c(c2)CCO3)C[C@H]1C(F)(F)F. The zero-order chi connectivity index (χ0) is 17.3. The molecule has 24 heavy (non-hydrogen) atoms. The highest BCUT2D eigenvalue weighted by Crippen LogP contribution is 2.37. The maximum Gasteiger partial charge on any atom is 0.393 e. The van der Waals surface area contributed by atoms with Gasteiger partial charge in [0, 0.05) is 19.5 Å². The normalized spacial score (nSPS) is 24.0. The molecule has 132 valence electrons. The number of carboxylic acids is 1. The molecule has 0 amide bonds. The van der Waals surface area contributed by atoms with Gasteiger partial charge in [-0.15, -0.1) is 0 Å². The van der Waals surface area contributed by atoms with Gasteiger partial charge in [0.15, 0.2) is 0 Å². The largest absolute Gasteiger partial charge is 0.493 e. The molecule has 0 saturated carbocycles. The van der Waals surface area contributed by atoms with Crippen LogP contribution < -0.4 is 4.74 Å². The minimum Gasteiger partial charge on any atom is -0.493 e. The third-order valence-corrected chi connectivity index (χ3v) is 4.83. The van der Waals surface area contributed by atoms with Gasteiger partial charge in [0.2, 0.25) is 0 Å². The first kappa shape index (κ1) is 17.1. The van der Waals surface area contributed by atoms with Crippen molar-refractivity contribution in [1.29, 1.82) is 0 Å². The van der Waals surface area contributed by atoms with Crippen LogP contribution in [0, 0.1) is 11.8 Å². The van der Waals surface area contributed by atoms with Crippen molar-refractivity contribution in [2.24, 2.45) is 11.8 Å². The zero-order valence-corrected chi connectivity index (χ0v) is 13.2. The average Bonchev–Trinajstić information content (AvgIpc) is 3.12. The van der Waals surface area contributed by atoms with Crippen molar-refractivity contribution < 1.29 is 27.8 Å². The number of hydrogen-bond donors (Lipinski definition) is 1. The van der Waals surface area contributed by atoms with E-state index in [-0.39, 0.29) is 13.1 Å². The topological polar surface area (TPSA) is 49.8 Å². The number of fused-ring (bicyclic) bond motifs is 1. The molecule has 3 rings (SSSR count). The number of nitrogens with zero attached hydrogens (tertiary/aromatic N) is 1. The molecular formula is C17H20F3NO3. The van der Waals surface area contributed by atoms with Crippen molar-refractivity contribution in [3.8, 4) is 5.75 Å². The lowest BCUT2D eigenvalue weighted by atomic mass is 9.96. The fourth-order valence-electron chi connectivity index (χ4n) is 3.55. The van der Waals surface area contributed by atoms with E-state index in [1.807, 2.05) is 12.1 Å². The van der Waals surface area contributed by atoms with Crippen molar-refractivity contribution in [3.05, 3.63) is 29.3 Å². The van der Waals surface area contributed by atoms with Crippen molar-refractivity contribution in [2.45, 2.75) is 25.4 Å². The number of carboxylic acid groups (broad SMARTS) is 1. The number of carbonyl (C=O) groups is 1. The van der Waals surface area contributed by atoms with Gasteiger partial charge in [-0.25, -0.2) is 0 Å². The highest BCUT2D eigenvalue weighted by Gasteiger charge is 2.52. The minimum atomic E-state index is -4.46. The van der Waals surface area contributed by atoms with E-state index < -0.39 is 24.0 Å². The van der Waals surface area contributed by atoms with E-state index in [4.69, 9.17) is 9.84 Å². The van der Waals surface area contributed by atoms with Crippen molar-refractivity contribution in [3.63, 3.8) is 0 Å². The number of likely N-dealkylation sites (tertiary alicyclic amines) is 1. The predicted molar refractivity (Wildman–Crippen MR) is 81.1 cm³/mol. The summed E-state index contributed by atoms with van der Waals surface area (Å²) in [6.07, 6.45) is -2.10. The molecule has 2 heterocycles. The molecule has 0 spiro atoms. The summed E-state index contributed by atoms with van der Waals surface area (Å²) >= 11 is 0. The maximum absolute atomic E-state index is 13.0. The molecule has 1 fully saturated rings. The number of rotatable bonds is 5. The fourth-order valence-corrected chi connectivity index (χ4v) is 3.55. The Morgan fingerprint density at radius 2 is 2.12 bits per heavy atom. The number of halogens is 3. The van der Waals surface area contributed by atoms with Gasteiger partial charge in [0.25, 0.3) is 0 Å². The molecule has 2 aliphatic rings. The van der Waals surface area contributed by atoms with E-state index in [9.17, 15) is 18.0 Å². The summed E-state index contributed by atoms with van der Waals surface area (Å²) in [6.45, 7) is 0.919. The molecule has 0 aliphatic carbocycles. The number of alkyl halides is 3. The third kappa shape index (κ3) is 3.66. The van der Waals surface area contributed by atoms with Crippen molar-refractivity contribution in [2.75, 3.05) is 26.2 Å². The minimum absolute atomic E-state index is 0.0302. The summed E-state index contributed by atoms with van der Waals surface area (Å²) in [7, 11) is 0. The molecule has 0 radical (unpaired) electrons. The molecule has 0 unspecified atom stereocenters. The first-order valence-corrected chi connectivity index (χ1v) is 8.11. The molecule has 1 aromatic carbocycles. The highest BCUT2D eigenvalue weighted by atomic mass is 19.4. The Bertz CT molecular complexity index is 618. The van der Waals surface area contributed by atoms with Crippen LogP contribution in [0.4, 0.5) is 13.2 Å². The first-order chi connectivity index (χ1) is 11.3. The van der Waals surface area contributed by atoms with Gasteiger partial charge >= 0.3 is 12.1 Å². The van der Waals surface area contributed by atoms with Gasteiger partial charge < -0.3 is 14.7 Å². The number of hydrogen-bond acceptors (Lipinski definition) is 3. The summed E-state index contributed by atoms with van der Waals surface area (Å²) in [4.78, 5) is 12.7. The standard InChI is InChI=1S/C17H20F3NO3/c18-17(19,20)14-10-21(9-13(14)16(22)23)6-1-2-11-3-4-15-12(8-11)5-7-24-15/h3-4,8,13-14H,1-2,5-7,9-10H2,(H,22,23)/t13-,14-/m1/s1. The number of benzene rings is 1. The van der Waals surface area contributed by atoms with Gasteiger partial charge in [0.1, 0.15) is 5.75 Å². The summed E-state index contributed by atoms with van der Waals surface area (Å²) in [5, 5.41) is 9.02. The number of aliphatic carboxylic acids is 1. The smallest absolute Gasteiger partial charge is 0.393 e. The second-order valence-electron chi connectivity index (χ2n) is 6.50. The Morgan fingerprint density at radius 1 is 1.33 bits per heavy atom. The zero-order valence-electron chi connectivity index (χ0n) is 13.2. The van der Waals surface area contributed by atoms with E-state index in [0.29, 0.717) is 19.6 Å². The van der Waals surface area contributed by atoms with Crippen LogP contribution >= 0.6 is 0 Å². The Balaban J connectivity index is 1.53. The van der Waals surface area contributed by atoms with E-state index in [1.54, 1.807) is 4.90 Å². The Labute approximate surface area is 138 Å². The molecule has 1 saturated heterocycles. The third-order valence-electron chi connectivity index (χ3n) is 4.83. The summed E-state index contributed by atoms with van der Waals surface area (Å²) < 4.78 is 44.3. The van der Waals surface area contributed by atoms with Gasteiger partial charge in [-0.05, 0) is 36.6 Å². The molecule has 1 aromatic rings. The molecule has 4 nitrogen and oxygen atoms in total. The highest BCUT2D eigenvalue weighted by molar-refractivity contribution is 5.71. The van der Waals surface area contributed by atoms with E-state index in [0.717, 1.165) is 24.2 Å². The lowest BCUT2D eigenvalue weighted by molar-refractivity contribution is -0.188. The van der Waals surface area contributed by atoms with Crippen LogP contribution in [0.15, 0.2) is 18.2 Å². The van der Waals surface area contributed by atoms with Gasteiger partial charge in [-0.3, -0.25) is 4.79 Å². The average molecular weight is 343 g/mol. The van der Waals surface area contributed by atoms with Gasteiger partial charge in [-0.1, -0.05) is 12.1 Å². The van der Waals surface area contributed by atoms with E-state index in [1.165, 1.54) is 5.56 Å². The van der Waals surface area contributed by atoms with Crippen molar-refractivity contribution >= 4 is 5.97 Å². The second-order valence-corrected chi connectivity index (χ2v) is 6.50. The summed E-state index contributed by atoms with van der Waals surface area (Å²) in [6, 6.07) is 6.01. The lowest BCUT2D eigenvalue weighted by Gasteiger charge is -2.18. The molecule has 0 bridgehead atoms. The number of aryl methyl sites for hydroxylation is 1. The molecule has 1 N–H and O–H groups in total. The van der Waals surface area contributed by atoms with Gasteiger partial charge in [-0.2, -0.15) is 13.2 Å². The molecule has 2 atom stereocenters. The van der Waals surface area contributed by atoms with Crippen molar-refractivity contribution in [1.82, 2.24) is 4.90 Å². The summed E-state index contributed by atoms with van der Waals surface area (Å²) in [5.41, 5.74) is 2.32. The predicted octanol–water partition coefficient (Wildman–Crippen LogP) is 2.75. The van der Waals surface area contributed by atoms with Crippen LogP contribution in [-0.4, -0.2) is 48.4 Å². The fraction of sp³-hybridized carbons (Fsp3) is 0.588. The Hall–Kier alpha value is -1.76. The monoisotopic (exact) mass is 343 g/mol. The van der Waals surface area contributed by atoms with E-state index >= 15 is 0 Å². The molecule has 0 aromatic heterocycles. The first-order valence-electron chi connectivity index (χ1n) is 8.11. The Kier molecular flexibility index (Phi) is 4.71. The van der Waals surface area contributed by atoms with Crippen LogP contribution in [0.25, 0.3) is 0 Å². The number of ether oxygens (including phenoxy) is 1. The van der Waals surface area contributed by atoms with E-state index in [2.05, 4.69) is 6.07 Å².